The fourth-order valence-corrected chi connectivity index (χ4v) is 1.10. The van der Waals surface area contributed by atoms with Gasteiger partial charge in [0.2, 0.25) is 0 Å². The Labute approximate surface area is 72.6 Å². The van der Waals surface area contributed by atoms with Crippen molar-refractivity contribution < 1.29 is 4.39 Å². The molecule has 12 heavy (non-hydrogen) atoms. The lowest BCUT2D eigenvalue weighted by atomic mass is 10.1. The van der Waals surface area contributed by atoms with Crippen LogP contribution in [0.4, 0.5) is 4.39 Å². The van der Waals surface area contributed by atoms with Crippen LogP contribution in [0, 0.1) is 5.82 Å². The summed E-state index contributed by atoms with van der Waals surface area (Å²) in [5.74, 6) is -0.149. The Bertz CT molecular complexity index is 235. The normalized spacial score (nSPS) is 10.2. The van der Waals surface area contributed by atoms with Gasteiger partial charge in [-0.05, 0) is 37.2 Å². The first-order valence-electron chi connectivity index (χ1n) is 4.28. The van der Waals surface area contributed by atoms with E-state index in [0.29, 0.717) is 0 Å². The lowest BCUT2D eigenvalue weighted by Crippen LogP contribution is -2.15. The average molecular weight is 167 g/mol. The predicted molar refractivity (Wildman–Crippen MR) is 48.6 cm³/mol. The second-order valence-electron chi connectivity index (χ2n) is 2.73. The maximum absolute atomic E-state index is 12.7. The minimum atomic E-state index is -0.149. The van der Waals surface area contributed by atoms with Crippen molar-refractivity contribution in [3.05, 3.63) is 35.6 Å². The molecule has 2 heteroatoms. The number of hydrogen-bond acceptors (Lipinski definition) is 1. The highest BCUT2D eigenvalue weighted by atomic mass is 19.1. The summed E-state index contributed by atoms with van der Waals surface area (Å²) in [5, 5.41) is 3.19. The van der Waals surface area contributed by atoms with Crippen LogP contribution in [-0.2, 0) is 6.42 Å². The summed E-state index contributed by atoms with van der Waals surface area (Å²) in [7, 11) is 0. The molecule has 0 aromatic heterocycles. The Morgan fingerprint density at radius 2 is 2.25 bits per heavy atom. The molecule has 0 saturated heterocycles. The van der Waals surface area contributed by atoms with E-state index in [0.717, 1.165) is 25.1 Å². The molecule has 1 rings (SSSR count). The van der Waals surface area contributed by atoms with Crippen LogP contribution in [0.25, 0.3) is 0 Å². The van der Waals surface area contributed by atoms with Gasteiger partial charge in [-0.15, -0.1) is 0 Å². The Morgan fingerprint density at radius 1 is 1.42 bits per heavy atom. The highest BCUT2D eigenvalue weighted by Gasteiger charge is 1.93. The zero-order valence-electron chi connectivity index (χ0n) is 7.31. The van der Waals surface area contributed by atoms with Gasteiger partial charge < -0.3 is 5.32 Å². The fourth-order valence-electron chi connectivity index (χ4n) is 1.10. The number of likely N-dealkylation sites (N-methyl/N-ethyl adjacent to an activating group) is 1. The van der Waals surface area contributed by atoms with E-state index in [2.05, 4.69) is 12.2 Å². The van der Waals surface area contributed by atoms with Crippen LogP contribution in [0.3, 0.4) is 0 Å². The molecule has 0 saturated carbocycles. The maximum atomic E-state index is 12.7. The molecule has 0 amide bonds. The molecule has 1 nitrogen and oxygen atoms in total. The molecule has 0 bridgehead atoms. The van der Waals surface area contributed by atoms with Gasteiger partial charge in [0.05, 0.1) is 0 Å². The first-order chi connectivity index (χ1) is 5.83. The van der Waals surface area contributed by atoms with Crippen LogP contribution in [0.15, 0.2) is 24.3 Å². The largest absolute Gasteiger partial charge is 0.317 e. The van der Waals surface area contributed by atoms with Crippen LogP contribution in [0.5, 0.6) is 0 Å². The third-order valence-electron chi connectivity index (χ3n) is 1.73. The summed E-state index contributed by atoms with van der Waals surface area (Å²) in [6.07, 6.45) is 0.894. The van der Waals surface area contributed by atoms with Crippen LogP contribution in [0.2, 0.25) is 0 Å². The molecule has 0 heterocycles. The van der Waals surface area contributed by atoms with E-state index in [9.17, 15) is 4.39 Å². The number of nitrogens with one attached hydrogen (secondary N) is 1. The van der Waals surface area contributed by atoms with Crippen molar-refractivity contribution in [1.29, 1.82) is 0 Å². The van der Waals surface area contributed by atoms with Crippen molar-refractivity contribution in [2.24, 2.45) is 0 Å². The van der Waals surface area contributed by atoms with E-state index in [-0.39, 0.29) is 5.82 Å². The topological polar surface area (TPSA) is 12.0 Å². The van der Waals surface area contributed by atoms with Crippen molar-refractivity contribution >= 4 is 0 Å². The van der Waals surface area contributed by atoms with Gasteiger partial charge in [-0.1, -0.05) is 19.1 Å². The van der Waals surface area contributed by atoms with Crippen molar-refractivity contribution in [3.8, 4) is 0 Å². The summed E-state index contributed by atoms with van der Waals surface area (Å²) in [4.78, 5) is 0. The Hall–Kier alpha value is -0.890. The minimum Gasteiger partial charge on any atom is -0.317 e. The molecule has 0 spiro atoms. The first-order valence-corrected chi connectivity index (χ1v) is 4.28. The summed E-state index contributed by atoms with van der Waals surface area (Å²) in [6, 6.07) is 6.74. The van der Waals surface area contributed by atoms with Gasteiger partial charge in [0.25, 0.3) is 0 Å². The summed E-state index contributed by atoms with van der Waals surface area (Å²) < 4.78 is 12.7. The van der Waals surface area contributed by atoms with Gasteiger partial charge in [-0.25, -0.2) is 4.39 Å². The maximum Gasteiger partial charge on any atom is 0.123 e. The van der Waals surface area contributed by atoms with E-state index < -0.39 is 0 Å². The van der Waals surface area contributed by atoms with Gasteiger partial charge in [-0.3, -0.25) is 0 Å². The standard InChI is InChI=1S/C10H14FN/c1-2-12-7-6-9-4-3-5-10(11)8-9/h3-5,8,12H,2,6-7H2,1H3. The average Bonchev–Trinajstić information content (AvgIpc) is 2.05. The number of halogens is 1. The van der Waals surface area contributed by atoms with Crippen molar-refractivity contribution in [2.75, 3.05) is 13.1 Å². The van der Waals surface area contributed by atoms with Gasteiger partial charge in [0.1, 0.15) is 5.82 Å². The lowest BCUT2D eigenvalue weighted by Gasteiger charge is -2.01. The van der Waals surface area contributed by atoms with Gasteiger partial charge in [-0.2, -0.15) is 0 Å². The van der Waals surface area contributed by atoms with E-state index >= 15 is 0 Å². The Morgan fingerprint density at radius 3 is 2.92 bits per heavy atom. The molecule has 1 aromatic carbocycles. The molecule has 1 aromatic rings. The predicted octanol–water partition coefficient (Wildman–Crippen LogP) is 1.98. The molecular formula is C10H14FN. The summed E-state index contributed by atoms with van der Waals surface area (Å²) in [5.41, 5.74) is 1.05. The smallest absolute Gasteiger partial charge is 0.123 e. The zero-order chi connectivity index (χ0) is 8.81. The molecule has 0 aliphatic carbocycles. The monoisotopic (exact) mass is 167 g/mol. The molecule has 0 fully saturated rings. The SMILES string of the molecule is CCNCCc1cccc(F)c1. The van der Waals surface area contributed by atoms with Crippen LogP contribution < -0.4 is 5.32 Å². The van der Waals surface area contributed by atoms with Crippen molar-refractivity contribution in [2.45, 2.75) is 13.3 Å². The number of hydrogen-bond donors (Lipinski definition) is 1. The fraction of sp³-hybridized carbons (Fsp3) is 0.400. The second-order valence-corrected chi connectivity index (χ2v) is 2.73. The zero-order valence-corrected chi connectivity index (χ0v) is 7.31. The van der Waals surface area contributed by atoms with E-state index in [1.54, 1.807) is 12.1 Å². The molecule has 0 unspecified atom stereocenters. The molecular weight excluding hydrogens is 153 g/mol. The van der Waals surface area contributed by atoms with Crippen LogP contribution in [-0.4, -0.2) is 13.1 Å². The highest BCUT2D eigenvalue weighted by molar-refractivity contribution is 5.16. The molecule has 1 N–H and O–H groups in total. The number of benzene rings is 1. The first kappa shape index (κ1) is 9.20. The Kier molecular flexibility index (Phi) is 3.74. The second kappa shape index (κ2) is 4.88. The van der Waals surface area contributed by atoms with Gasteiger partial charge in [0, 0.05) is 0 Å². The molecule has 0 aliphatic heterocycles. The van der Waals surface area contributed by atoms with E-state index in [4.69, 9.17) is 0 Å². The Balaban J connectivity index is 2.41. The summed E-state index contributed by atoms with van der Waals surface area (Å²) in [6.45, 7) is 3.95. The molecule has 0 atom stereocenters. The van der Waals surface area contributed by atoms with Crippen LogP contribution >= 0.6 is 0 Å². The third-order valence-corrected chi connectivity index (χ3v) is 1.73. The highest BCUT2D eigenvalue weighted by Crippen LogP contribution is 2.03. The van der Waals surface area contributed by atoms with Gasteiger partial charge >= 0.3 is 0 Å². The summed E-state index contributed by atoms with van der Waals surface area (Å²) >= 11 is 0. The van der Waals surface area contributed by atoms with E-state index in [1.165, 1.54) is 6.07 Å². The van der Waals surface area contributed by atoms with Gasteiger partial charge in [0.15, 0.2) is 0 Å². The number of rotatable bonds is 4. The quantitative estimate of drug-likeness (QED) is 0.676. The van der Waals surface area contributed by atoms with Crippen molar-refractivity contribution in [3.63, 3.8) is 0 Å². The van der Waals surface area contributed by atoms with Crippen LogP contribution in [0.1, 0.15) is 12.5 Å². The molecule has 0 radical (unpaired) electrons. The molecule has 66 valence electrons. The third kappa shape index (κ3) is 3.01. The molecule has 0 aliphatic rings. The minimum absolute atomic E-state index is 0.149. The van der Waals surface area contributed by atoms with Crippen molar-refractivity contribution in [1.82, 2.24) is 5.32 Å². The lowest BCUT2D eigenvalue weighted by molar-refractivity contribution is 0.623. The van der Waals surface area contributed by atoms with E-state index in [1.807, 2.05) is 6.07 Å².